The van der Waals surface area contributed by atoms with Gasteiger partial charge in [0.05, 0.1) is 0 Å². The molecule has 0 fully saturated rings. The standard InChI is InChI=1S/C6H15NO2.C2H6/c1-2-6(7)5(3-8)4-9;1-2/h5-6,8-9H,2-4,7H2,1H3;1-2H3. The van der Waals surface area contributed by atoms with E-state index in [-0.39, 0.29) is 25.2 Å². The van der Waals surface area contributed by atoms with Crippen molar-refractivity contribution in [3.8, 4) is 0 Å². The third kappa shape index (κ3) is 6.28. The maximum atomic E-state index is 8.59. The number of aliphatic hydroxyl groups excluding tert-OH is 2. The molecule has 3 heteroatoms. The van der Waals surface area contributed by atoms with E-state index in [4.69, 9.17) is 15.9 Å². The van der Waals surface area contributed by atoms with Crippen molar-refractivity contribution in [1.29, 1.82) is 0 Å². The van der Waals surface area contributed by atoms with Gasteiger partial charge in [0.2, 0.25) is 0 Å². The van der Waals surface area contributed by atoms with Gasteiger partial charge in [-0.2, -0.15) is 0 Å². The van der Waals surface area contributed by atoms with Crippen LogP contribution in [-0.4, -0.2) is 29.5 Å². The summed E-state index contributed by atoms with van der Waals surface area (Å²) in [4.78, 5) is 0. The van der Waals surface area contributed by atoms with Gasteiger partial charge < -0.3 is 15.9 Å². The van der Waals surface area contributed by atoms with E-state index in [1.807, 2.05) is 20.8 Å². The molecular formula is C8H21NO2. The lowest BCUT2D eigenvalue weighted by Gasteiger charge is -2.16. The van der Waals surface area contributed by atoms with Gasteiger partial charge in [-0.05, 0) is 6.42 Å². The van der Waals surface area contributed by atoms with Gasteiger partial charge in [-0.3, -0.25) is 0 Å². The van der Waals surface area contributed by atoms with Gasteiger partial charge in [-0.1, -0.05) is 20.8 Å². The maximum absolute atomic E-state index is 8.59. The van der Waals surface area contributed by atoms with E-state index < -0.39 is 0 Å². The van der Waals surface area contributed by atoms with Gasteiger partial charge in [-0.25, -0.2) is 0 Å². The first-order chi connectivity index (χ1) is 5.26. The normalized spacial score (nSPS) is 12.3. The van der Waals surface area contributed by atoms with E-state index in [9.17, 15) is 0 Å². The highest BCUT2D eigenvalue weighted by molar-refractivity contribution is 4.68. The molecule has 0 aromatic rings. The Hall–Kier alpha value is -0.120. The van der Waals surface area contributed by atoms with Crippen molar-refractivity contribution in [3.63, 3.8) is 0 Å². The van der Waals surface area contributed by atoms with Crippen molar-refractivity contribution in [2.24, 2.45) is 11.7 Å². The summed E-state index contributed by atoms with van der Waals surface area (Å²) in [6.45, 7) is 5.89. The van der Waals surface area contributed by atoms with Gasteiger partial charge >= 0.3 is 0 Å². The molecule has 0 aromatic heterocycles. The van der Waals surface area contributed by atoms with Crippen LogP contribution in [0.2, 0.25) is 0 Å². The summed E-state index contributed by atoms with van der Waals surface area (Å²) in [6.07, 6.45) is 0.797. The zero-order chi connectivity index (χ0) is 9.28. The van der Waals surface area contributed by atoms with Gasteiger partial charge in [-0.15, -0.1) is 0 Å². The molecule has 0 aliphatic heterocycles. The maximum Gasteiger partial charge on any atom is 0.0496 e. The molecule has 1 unspecified atom stereocenters. The lowest BCUT2D eigenvalue weighted by atomic mass is 10.0. The molecule has 0 heterocycles. The third-order valence-electron chi connectivity index (χ3n) is 1.55. The van der Waals surface area contributed by atoms with Crippen LogP contribution >= 0.6 is 0 Å². The molecule has 0 aromatic carbocycles. The predicted molar refractivity (Wildman–Crippen MR) is 47.3 cm³/mol. The van der Waals surface area contributed by atoms with E-state index in [0.717, 1.165) is 6.42 Å². The van der Waals surface area contributed by atoms with Crippen LogP contribution in [0, 0.1) is 5.92 Å². The number of rotatable bonds is 4. The topological polar surface area (TPSA) is 66.5 Å². The van der Waals surface area contributed by atoms with Crippen LogP contribution in [0.25, 0.3) is 0 Å². The zero-order valence-electron chi connectivity index (χ0n) is 7.75. The summed E-state index contributed by atoms with van der Waals surface area (Å²) in [5.74, 6) is -0.144. The summed E-state index contributed by atoms with van der Waals surface area (Å²) in [6, 6.07) is -0.0694. The van der Waals surface area contributed by atoms with Crippen molar-refractivity contribution in [2.45, 2.75) is 33.2 Å². The van der Waals surface area contributed by atoms with Crippen LogP contribution in [0.4, 0.5) is 0 Å². The Kier molecular flexibility index (Phi) is 12.1. The smallest absolute Gasteiger partial charge is 0.0496 e. The molecular weight excluding hydrogens is 142 g/mol. The van der Waals surface area contributed by atoms with Crippen LogP contribution in [0.15, 0.2) is 0 Å². The predicted octanol–water partition coefficient (Wildman–Crippen LogP) is 0.351. The summed E-state index contributed by atoms with van der Waals surface area (Å²) >= 11 is 0. The third-order valence-corrected chi connectivity index (χ3v) is 1.55. The highest BCUT2D eigenvalue weighted by atomic mass is 16.3. The first kappa shape index (κ1) is 13.5. The van der Waals surface area contributed by atoms with E-state index in [0.29, 0.717) is 0 Å². The lowest BCUT2D eigenvalue weighted by Crippen LogP contribution is -2.34. The second-order valence-corrected chi connectivity index (χ2v) is 2.20. The van der Waals surface area contributed by atoms with Crippen LogP contribution in [0.5, 0.6) is 0 Å². The molecule has 0 spiro atoms. The van der Waals surface area contributed by atoms with Gasteiger partial charge in [0.1, 0.15) is 0 Å². The molecule has 0 saturated carbocycles. The Morgan fingerprint density at radius 1 is 1.18 bits per heavy atom. The summed E-state index contributed by atoms with van der Waals surface area (Å²) in [5, 5.41) is 17.2. The highest BCUT2D eigenvalue weighted by Gasteiger charge is 2.12. The second-order valence-electron chi connectivity index (χ2n) is 2.20. The largest absolute Gasteiger partial charge is 0.396 e. The van der Waals surface area contributed by atoms with Crippen molar-refractivity contribution in [3.05, 3.63) is 0 Å². The van der Waals surface area contributed by atoms with E-state index in [1.165, 1.54) is 0 Å². The second kappa shape index (κ2) is 9.88. The molecule has 0 saturated heterocycles. The number of aliphatic hydroxyl groups is 2. The van der Waals surface area contributed by atoms with Crippen molar-refractivity contribution < 1.29 is 10.2 Å². The molecule has 0 radical (unpaired) electrons. The lowest BCUT2D eigenvalue weighted by molar-refractivity contribution is 0.130. The highest BCUT2D eigenvalue weighted by Crippen LogP contribution is 2.01. The quantitative estimate of drug-likeness (QED) is 0.560. The molecule has 0 bridgehead atoms. The molecule has 0 amide bonds. The van der Waals surface area contributed by atoms with E-state index >= 15 is 0 Å². The minimum absolute atomic E-state index is 0.0223. The van der Waals surface area contributed by atoms with Crippen molar-refractivity contribution >= 4 is 0 Å². The van der Waals surface area contributed by atoms with Gasteiger partial charge in [0, 0.05) is 25.2 Å². The first-order valence-electron chi connectivity index (χ1n) is 4.23. The molecule has 1 atom stereocenters. The fourth-order valence-corrected chi connectivity index (χ4v) is 0.662. The number of hydrogen-bond acceptors (Lipinski definition) is 3. The molecule has 0 rings (SSSR count). The minimum atomic E-state index is -0.144. The number of nitrogens with two attached hydrogens (primary N) is 1. The average Bonchev–Trinajstić information content (AvgIpc) is 2.10. The fraction of sp³-hybridized carbons (Fsp3) is 1.00. The monoisotopic (exact) mass is 163 g/mol. The Labute approximate surface area is 69.2 Å². The van der Waals surface area contributed by atoms with E-state index in [1.54, 1.807) is 0 Å². The SMILES string of the molecule is CC.CCC(N)C(CO)CO. The summed E-state index contributed by atoms with van der Waals surface area (Å²) < 4.78 is 0. The van der Waals surface area contributed by atoms with Crippen LogP contribution < -0.4 is 5.73 Å². The number of hydrogen-bond donors (Lipinski definition) is 3. The average molecular weight is 163 g/mol. The fourth-order valence-electron chi connectivity index (χ4n) is 0.662. The molecule has 4 N–H and O–H groups in total. The Morgan fingerprint density at radius 2 is 1.55 bits per heavy atom. The van der Waals surface area contributed by atoms with Crippen LogP contribution in [0.3, 0.4) is 0 Å². The zero-order valence-corrected chi connectivity index (χ0v) is 7.75. The minimum Gasteiger partial charge on any atom is -0.396 e. The molecule has 11 heavy (non-hydrogen) atoms. The van der Waals surface area contributed by atoms with Gasteiger partial charge in [0.25, 0.3) is 0 Å². The molecule has 0 aliphatic carbocycles. The van der Waals surface area contributed by atoms with Gasteiger partial charge in [0.15, 0.2) is 0 Å². The Balaban J connectivity index is 0. The van der Waals surface area contributed by atoms with Crippen LogP contribution in [-0.2, 0) is 0 Å². The Bertz CT molecular complexity index is 65.1. The van der Waals surface area contributed by atoms with Crippen molar-refractivity contribution in [2.75, 3.05) is 13.2 Å². The first-order valence-corrected chi connectivity index (χ1v) is 4.23. The molecule has 3 nitrogen and oxygen atoms in total. The van der Waals surface area contributed by atoms with Crippen LogP contribution in [0.1, 0.15) is 27.2 Å². The molecule has 70 valence electrons. The summed E-state index contributed by atoms with van der Waals surface area (Å²) in [7, 11) is 0. The molecule has 0 aliphatic rings. The van der Waals surface area contributed by atoms with E-state index in [2.05, 4.69) is 0 Å². The summed E-state index contributed by atoms with van der Waals surface area (Å²) in [5.41, 5.74) is 5.52. The Morgan fingerprint density at radius 3 is 1.64 bits per heavy atom. The van der Waals surface area contributed by atoms with Crippen molar-refractivity contribution in [1.82, 2.24) is 0 Å².